The number of carboxylic acids is 1. The number of carbonyl (C=O) groups excluding carboxylic acids is 1. The summed E-state index contributed by atoms with van der Waals surface area (Å²) in [6.45, 7) is 7.93. The van der Waals surface area contributed by atoms with Crippen LogP contribution in [0.1, 0.15) is 49.5 Å². The first-order valence-corrected chi connectivity index (χ1v) is 6.57. The van der Waals surface area contributed by atoms with E-state index in [9.17, 15) is 9.59 Å². The number of hydrogen-bond acceptors (Lipinski definition) is 3. The molecule has 1 aromatic rings. The summed E-state index contributed by atoms with van der Waals surface area (Å²) in [5.41, 5.74) is 1.29. The minimum Gasteiger partial charge on any atom is -0.478 e. The van der Waals surface area contributed by atoms with Crippen LogP contribution in [0.15, 0.2) is 18.2 Å². The summed E-state index contributed by atoms with van der Waals surface area (Å²) in [6, 6.07) is 4.81. The number of nitrogens with zero attached hydrogens (tertiary/aromatic N) is 1. The van der Waals surface area contributed by atoms with Gasteiger partial charge in [0.05, 0.1) is 11.3 Å². The molecule has 0 saturated carbocycles. The molecule has 1 aromatic carbocycles. The summed E-state index contributed by atoms with van der Waals surface area (Å²) in [6.07, 6.45) is -0.397. The SMILES string of the molecule is CC1CN(C(=O)OC(C)(C)C)c2ccc(C(=O)O)cc21. The number of aromatic carboxylic acids is 1. The highest BCUT2D eigenvalue weighted by atomic mass is 16.6. The molecule has 1 amide bonds. The van der Waals surface area contributed by atoms with Gasteiger partial charge in [-0.25, -0.2) is 9.59 Å². The average molecular weight is 277 g/mol. The third kappa shape index (κ3) is 2.76. The Labute approximate surface area is 118 Å². The predicted molar refractivity (Wildman–Crippen MR) is 75.4 cm³/mol. The maximum atomic E-state index is 12.2. The number of hydrogen-bond donors (Lipinski definition) is 1. The molecule has 20 heavy (non-hydrogen) atoms. The summed E-state index contributed by atoms with van der Waals surface area (Å²) in [5, 5.41) is 9.03. The van der Waals surface area contributed by atoms with Gasteiger partial charge in [0.2, 0.25) is 0 Å². The second kappa shape index (κ2) is 4.81. The van der Waals surface area contributed by atoms with Crippen molar-refractivity contribution in [1.82, 2.24) is 0 Å². The number of ether oxygens (including phenoxy) is 1. The smallest absolute Gasteiger partial charge is 0.414 e. The van der Waals surface area contributed by atoms with Crippen LogP contribution in [0.5, 0.6) is 0 Å². The van der Waals surface area contributed by atoms with Crippen molar-refractivity contribution in [3.63, 3.8) is 0 Å². The molecule has 0 saturated heterocycles. The quantitative estimate of drug-likeness (QED) is 0.855. The van der Waals surface area contributed by atoms with Gasteiger partial charge in [0.1, 0.15) is 5.60 Å². The molecular weight excluding hydrogens is 258 g/mol. The lowest BCUT2D eigenvalue weighted by atomic mass is 10.0. The molecule has 2 rings (SSSR count). The second-order valence-corrected chi connectivity index (χ2v) is 6.07. The lowest BCUT2D eigenvalue weighted by Crippen LogP contribution is -2.36. The molecule has 1 unspecified atom stereocenters. The van der Waals surface area contributed by atoms with Crippen molar-refractivity contribution >= 4 is 17.7 Å². The van der Waals surface area contributed by atoms with Crippen molar-refractivity contribution in [2.24, 2.45) is 0 Å². The molecule has 0 spiro atoms. The molecule has 1 atom stereocenters. The summed E-state index contributed by atoms with van der Waals surface area (Å²) in [4.78, 5) is 24.7. The topological polar surface area (TPSA) is 66.8 Å². The van der Waals surface area contributed by atoms with Gasteiger partial charge in [-0.3, -0.25) is 4.90 Å². The Morgan fingerprint density at radius 1 is 1.35 bits per heavy atom. The minimum atomic E-state index is -0.962. The lowest BCUT2D eigenvalue weighted by Gasteiger charge is -2.25. The number of benzene rings is 1. The largest absolute Gasteiger partial charge is 0.478 e. The molecule has 1 aliphatic heterocycles. The van der Waals surface area contributed by atoms with Gasteiger partial charge in [0.15, 0.2) is 0 Å². The monoisotopic (exact) mass is 277 g/mol. The van der Waals surface area contributed by atoms with Gasteiger partial charge in [-0.2, -0.15) is 0 Å². The molecule has 0 aliphatic carbocycles. The van der Waals surface area contributed by atoms with E-state index in [2.05, 4.69) is 0 Å². The number of carbonyl (C=O) groups is 2. The Bertz CT molecular complexity index is 559. The summed E-state index contributed by atoms with van der Waals surface area (Å²) < 4.78 is 5.38. The maximum absolute atomic E-state index is 12.2. The molecular formula is C15H19NO4. The number of fused-ring (bicyclic) bond motifs is 1. The molecule has 1 N–H and O–H groups in total. The zero-order valence-corrected chi connectivity index (χ0v) is 12.1. The van der Waals surface area contributed by atoms with Crippen LogP contribution in [-0.4, -0.2) is 29.3 Å². The van der Waals surface area contributed by atoms with Crippen molar-refractivity contribution in [2.45, 2.75) is 39.2 Å². The zero-order valence-electron chi connectivity index (χ0n) is 12.1. The van der Waals surface area contributed by atoms with Gasteiger partial charge in [-0.05, 0) is 44.5 Å². The fraction of sp³-hybridized carbons (Fsp3) is 0.467. The summed E-state index contributed by atoms with van der Waals surface area (Å²) >= 11 is 0. The third-order valence-electron chi connectivity index (χ3n) is 3.17. The van der Waals surface area contributed by atoms with Gasteiger partial charge in [0.25, 0.3) is 0 Å². The molecule has 1 heterocycles. The van der Waals surface area contributed by atoms with E-state index < -0.39 is 17.7 Å². The molecule has 0 aromatic heterocycles. The van der Waals surface area contributed by atoms with Crippen molar-refractivity contribution in [2.75, 3.05) is 11.4 Å². The molecule has 5 heteroatoms. The van der Waals surface area contributed by atoms with Crippen LogP contribution in [0, 0.1) is 0 Å². The number of carboxylic acid groups (broad SMARTS) is 1. The average Bonchev–Trinajstić information content (AvgIpc) is 2.64. The number of amides is 1. The van der Waals surface area contributed by atoms with Gasteiger partial charge in [0, 0.05) is 12.5 Å². The van der Waals surface area contributed by atoms with E-state index in [1.165, 1.54) is 6.07 Å². The summed E-state index contributed by atoms with van der Waals surface area (Å²) in [5.74, 6) is -0.868. The van der Waals surface area contributed by atoms with E-state index in [0.29, 0.717) is 6.54 Å². The standard InChI is InChI=1S/C15H19NO4/c1-9-8-16(14(19)20-15(2,3)4)12-6-5-10(13(17)18)7-11(9)12/h5-7,9H,8H2,1-4H3,(H,17,18). The van der Waals surface area contributed by atoms with Crippen LogP contribution in [0.2, 0.25) is 0 Å². The minimum absolute atomic E-state index is 0.0943. The van der Waals surface area contributed by atoms with Gasteiger partial charge >= 0.3 is 12.1 Å². The highest BCUT2D eigenvalue weighted by molar-refractivity contribution is 5.94. The fourth-order valence-corrected chi connectivity index (χ4v) is 2.29. The van der Waals surface area contributed by atoms with E-state index in [4.69, 9.17) is 9.84 Å². The van der Waals surface area contributed by atoms with Crippen LogP contribution in [0.25, 0.3) is 0 Å². The van der Waals surface area contributed by atoms with Crippen molar-refractivity contribution in [1.29, 1.82) is 0 Å². The highest BCUT2D eigenvalue weighted by Gasteiger charge is 2.33. The molecule has 108 valence electrons. The highest BCUT2D eigenvalue weighted by Crippen LogP contribution is 2.37. The van der Waals surface area contributed by atoms with E-state index in [1.807, 2.05) is 27.7 Å². The zero-order chi connectivity index (χ0) is 15.1. The Morgan fingerprint density at radius 2 is 2.00 bits per heavy atom. The normalized spacial score (nSPS) is 17.8. The first kappa shape index (κ1) is 14.4. The molecule has 0 bridgehead atoms. The Morgan fingerprint density at radius 3 is 2.55 bits per heavy atom. The first-order chi connectivity index (χ1) is 9.19. The number of anilines is 1. The van der Waals surface area contributed by atoms with E-state index in [1.54, 1.807) is 17.0 Å². The first-order valence-electron chi connectivity index (χ1n) is 6.57. The van der Waals surface area contributed by atoms with Crippen LogP contribution in [0.3, 0.4) is 0 Å². The molecule has 5 nitrogen and oxygen atoms in total. The van der Waals surface area contributed by atoms with Crippen LogP contribution < -0.4 is 4.90 Å². The summed E-state index contributed by atoms with van der Waals surface area (Å²) in [7, 11) is 0. The van der Waals surface area contributed by atoms with Crippen LogP contribution in [0.4, 0.5) is 10.5 Å². The Kier molecular flexibility index (Phi) is 3.46. The predicted octanol–water partition coefficient (Wildman–Crippen LogP) is 3.24. The Hall–Kier alpha value is -2.04. The molecule has 0 fully saturated rings. The number of rotatable bonds is 1. The van der Waals surface area contributed by atoms with Gasteiger partial charge < -0.3 is 9.84 Å². The van der Waals surface area contributed by atoms with E-state index >= 15 is 0 Å². The van der Waals surface area contributed by atoms with Crippen LogP contribution in [-0.2, 0) is 4.74 Å². The van der Waals surface area contributed by atoms with Gasteiger partial charge in [-0.15, -0.1) is 0 Å². The van der Waals surface area contributed by atoms with Gasteiger partial charge in [-0.1, -0.05) is 6.92 Å². The van der Waals surface area contributed by atoms with Crippen molar-refractivity contribution in [3.05, 3.63) is 29.3 Å². The maximum Gasteiger partial charge on any atom is 0.414 e. The fourth-order valence-electron chi connectivity index (χ4n) is 2.29. The van der Waals surface area contributed by atoms with Crippen LogP contribution >= 0.6 is 0 Å². The van der Waals surface area contributed by atoms with E-state index in [0.717, 1.165) is 11.3 Å². The van der Waals surface area contributed by atoms with E-state index in [-0.39, 0.29) is 11.5 Å². The molecule has 1 aliphatic rings. The van der Waals surface area contributed by atoms with Crippen molar-refractivity contribution < 1.29 is 19.4 Å². The second-order valence-electron chi connectivity index (χ2n) is 6.07. The Balaban J connectivity index is 2.31. The third-order valence-corrected chi connectivity index (χ3v) is 3.17. The van der Waals surface area contributed by atoms with Crippen molar-refractivity contribution in [3.8, 4) is 0 Å². The lowest BCUT2D eigenvalue weighted by molar-refractivity contribution is 0.0581. The molecule has 0 radical (unpaired) electrons.